The van der Waals surface area contributed by atoms with Crippen molar-refractivity contribution >= 4 is 17.6 Å². The van der Waals surface area contributed by atoms with Gasteiger partial charge in [0.2, 0.25) is 0 Å². The van der Waals surface area contributed by atoms with Crippen LogP contribution in [0.5, 0.6) is 0 Å². The van der Waals surface area contributed by atoms with Gasteiger partial charge in [-0.25, -0.2) is 4.39 Å². The number of hydrogen-bond acceptors (Lipinski definition) is 1. The van der Waals surface area contributed by atoms with Gasteiger partial charge < -0.3 is 5.11 Å². The van der Waals surface area contributed by atoms with E-state index in [0.29, 0.717) is 29.0 Å². The fourth-order valence-corrected chi connectivity index (χ4v) is 2.14. The van der Waals surface area contributed by atoms with Crippen LogP contribution in [0.25, 0.3) is 0 Å². The Bertz CT molecular complexity index is 438. The molecule has 1 aromatic rings. The standard InChI is InChI=1S/C11H10ClFO2/c1-6-4-8(12)7(5-9(6)13)11(2-3-11)10(14)15/h4-5H,2-3H2,1H3,(H,14,15). The summed E-state index contributed by atoms with van der Waals surface area (Å²) in [6, 6.07) is 2.73. The van der Waals surface area contributed by atoms with E-state index in [1.807, 2.05) is 0 Å². The second-order valence-electron chi connectivity index (χ2n) is 3.97. The minimum Gasteiger partial charge on any atom is -0.481 e. The minimum atomic E-state index is -0.939. The van der Waals surface area contributed by atoms with Gasteiger partial charge in [-0.05, 0) is 43.0 Å². The maximum atomic E-state index is 13.3. The highest BCUT2D eigenvalue weighted by Crippen LogP contribution is 2.51. The second-order valence-corrected chi connectivity index (χ2v) is 4.38. The third-order valence-corrected chi connectivity index (χ3v) is 3.24. The third-order valence-electron chi connectivity index (χ3n) is 2.92. The molecule has 2 rings (SSSR count). The van der Waals surface area contributed by atoms with Crippen molar-refractivity contribution in [3.8, 4) is 0 Å². The van der Waals surface area contributed by atoms with Crippen molar-refractivity contribution in [2.24, 2.45) is 0 Å². The van der Waals surface area contributed by atoms with Gasteiger partial charge in [-0.2, -0.15) is 0 Å². The minimum absolute atomic E-state index is 0.341. The Morgan fingerprint density at radius 1 is 1.53 bits per heavy atom. The van der Waals surface area contributed by atoms with Crippen LogP contribution in [-0.2, 0) is 10.2 Å². The average molecular weight is 229 g/mol. The second kappa shape index (κ2) is 3.20. The lowest BCUT2D eigenvalue weighted by molar-refractivity contribution is -0.140. The molecule has 0 unspecified atom stereocenters. The van der Waals surface area contributed by atoms with Gasteiger partial charge in [-0.15, -0.1) is 0 Å². The zero-order valence-electron chi connectivity index (χ0n) is 8.18. The van der Waals surface area contributed by atoms with Crippen LogP contribution in [0.1, 0.15) is 24.0 Å². The molecule has 0 atom stereocenters. The number of rotatable bonds is 2. The molecule has 0 spiro atoms. The summed E-state index contributed by atoms with van der Waals surface area (Å²) in [4.78, 5) is 11.1. The molecule has 15 heavy (non-hydrogen) atoms. The Balaban J connectivity index is 2.54. The summed E-state index contributed by atoms with van der Waals surface area (Å²) in [7, 11) is 0. The molecule has 1 aliphatic rings. The number of halogens is 2. The van der Waals surface area contributed by atoms with Crippen molar-refractivity contribution in [1.82, 2.24) is 0 Å². The normalized spacial score (nSPS) is 17.5. The number of benzene rings is 1. The van der Waals surface area contributed by atoms with Gasteiger partial charge in [0, 0.05) is 5.02 Å². The molecule has 0 radical (unpaired) electrons. The van der Waals surface area contributed by atoms with E-state index in [-0.39, 0.29) is 0 Å². The first-order valence-electron chi connectivity index (χ1n) is 4.67. The van der Waals surface area contributed by atoms with Crippen molar-refractivity contribution in [2.75, 3.05) is 0 Å². The monoisotopic (exact) mass is 228 g/mol. The molecule has 1 aromatic carbocycles. The summed E-state index contributed by atoms with van der Waals surface area (Å²) < 4.78 is 13.3. The molecule has 1 aliphatic carbocycles. The van der Waals surface area contributed by atoms with E-state index >= 15 is 0 Å². The van der Waals surface area contributed by atoms with Crippen LogP contribution < -0.4 is 0 Å². The van der Waals surface area contributed by atoms with E-state index in [4.69, 9.17) is 16.7 Å². The largest absolute Gasteiger partial charge is 0.481 e. The van der Waals surface area contributed by atoms with Crippen LogP contribution in [0.4, 0.5) is 4.39 Å². The maximum absolute atomic E-state index is 13.3. The molecule has 0 aromatic heterocycles. The highest BCUT2D eigenvalue weighted by molar-refractivity contribution is 6.32. The lowest BCUT2D eigenvalue weighted by Crippen LogP contribution is -2.20. The zero-order chi connectivity index (χ0) is 11.2. The van der Waals surface area contributed by atoms with Gasteiger partial charge in [-0.1, -0.05) is 11.6 Å². The molecule has 0 amide bonds. The predicted molar refractivity (Wildman–Crippen MR) is 54.7 cm³/mol. The molecule has 1 N–H and O–H groups in total. The SMILES string of the molecule is Cc1cc(Cl)c(C2(C(=O)O)CC2)cc1F. The van der Waals surface area contributed by atoms with Crippen LogP contribution in [0.3, 0.4) is 0 Å². The van der Waals surface area contributed by atoms with Crippen LogP contribution in [-0.4, -0.2) is 11.1 Å². The lowest BCUT2D eigenvalue weighted by atomic mass is 9.95. The smallest absolute Gasteiger partial charge is 0.314 e. The molecule has 0 bridgehead atoms. The Morgan fingerprint density at radius 2 is 2.13 bits per heavy atom. The summed E-state index contributed by atoms with van der Waals surface area (Å²) in [5.41, 5.74) is -0.101. The van der Waals surface area contributed by atoms with Crippen LogP contribution in [0.2, 0.25) is 5.02 Å². The topological polar surface area (TPSA) is 37.3 Å². The summed E-state index contributed by atoms with van der Waals surface area (Å²) in [5, 5.41) is 9.40. The van der Waals surface area contributed by atoms with Crippen LogP contribution in [0, 0.1) is 12.7 Å². The molecule has 80 valence electrons. The van der Waals surface area contributed by atoms with Crippen LogP contribution >= 0.6 is 11.6 Å². The number of aryl methyl sites for hydroxylation is 1. The summed E-state index contributed by atoms with van der Waals surface area (Å²) in [6.45, 7) is 1.60. The Hall–Kier alpha value is -1.09. The van der Waals surface area contributed by atoms with Gasteiger partial charge >= 0.3 is 5.97 Å². The van der Waals surface area contributed by atoms with E-state index in [0.717, 1.165) is 0 Å². The van der Waals surface area contributed by atoms with Gasteiger partial charge in [0.15, 0.2) is 0 Å². The Labute approximate surface area is 91.7 Å². The highest BCUT2D eigenvalue weighted by Gasteiger charge is 2.53. The van der Waals surface area contributed by atoms with E-state index in [2.05, 4.69) is 0 Å². The van der Waals surface area contributed by atoms with Crippen molar-refractivity contribution in [2.45, 2.75) is 25.2 Å². The quantitative estimate of drug-likeness (QED) is 0.845. The molecule has 0 saturated heterocycles. The molecule has 0 heterocycles. The molecular formula is C11H10ClFO2. The summed E-state index contributed by atoms with van der Waals surface area (Å²) in [6.07, 6.45) is 1.06. The zero-order valence-corrected chi connectivity index (χ0v) is 8.94. The van der Waals surface area contributed by atoms with Gasteiger partial charge in [0.1, 0.15) is 5.82 Å². The van der Waals surface area contributed by atoms with E-state index in [1.54, 1.807) is 6.92 Å². The first kappa shape index (κ1) is 10.4. The van der Waals surface area contributed by atoms with Gasteiger partial charge in [0.05, 0.1) is 5.41 Å². The molecule has 0 aliphatic heterocycles. The van der Waals surface area contributed by atoms with E-state index in [1.165, 1.54) is 12.1 Å². The van der Waals surface area contributed by atoms with E-state index < -0.39 is 17.2 Å². The van der Waals surface area contributed by atoms with Crippen molar-refractivity contribution in [3.63, 3.8) is 0 Å². The fourth-order valence-electron chi connectivity index (χ4n) is 1.74. The lowest BCUT2D eigenvalue weighted by Gasteiger charge is -2.13. The Morgan fingerprint density at radius 3 is 2.60 bits per heavy atom. The third kappa shape index (κ3) is 1.51. The first-order chi connectivity index (χ1) is 6.97. The number of carboxylic acids is 1. The summed E-state index contributed by atoms with van der Waals surface area (Å²) in [5.74, 6) is -1.32. The first-order valence-corrected chi connectivity index (χ1v) is 5.05. The number of aliphatic carboxylic acids is 1. The highest BCUT2D eigenvalue weighted by atomic mass is 35.5. The van der Waals surface area contributed by atoms with Crippen molar-refractivity contribution < 1.29 is 14.3 Å². The Kier molecular flexibility index (Phi) is 2.23. The molecule has 2 nitrogen and oxygen atoms in total. The van der Waals surface area contributed by atoms with Gasteiger partial charge in [0.25, 0.3) is 0 Å². The average Bonchev–Trinajstić information content (AvgIpc) is 2.92. The molecule has 4 heteroatoms. The van der Waals surface area contributed by atoms with Gasteiger partial charge in [-0.3, -0.25) is 4.79 Å². The molecule has 1 fully saturated rings. The predicted octanol–water partition coefficient (Wildman–Crippen LogP) is 2.90. The number of carbonyl (C=O) groups is 1. The van der Waals surface area contributed by atoms with E-state index in [9.17, 15) is 9.18 Å². The van der Waals surface area contributed by atoms with Crippen LogP contribution in [0.15, 0.2) is 12.1 Å². The number of hydrogen-bond donors (Lipinski definition) is 1. The fraction of sp³-hybridized carbons (Fsp3) is 0.364. The van der Waals surface area contributed by atoms with Crippen molar-refractivity contribution in [1.29, 1.82) is 0 Å². The molecular weight excluding hydrogens is 219 g/mol. The van der Waals surface area contributed by atoms with Crippen molar-refractivity contribution in [3.05, 3.63) is 34.1 Å². The molecule has 1 saturated carbocycles. The maximum Gasteiger partial charge on any atom is 0.314 e. The summed E-state index contributed by atoms with van der Waals surface area (Å²) >= 11 is 5.94. The number of carboxylic acid groups (broad SMARTS) is 1.